The number of fused-ring (bicyclic) bond motifs is 3. The molecule has 3 aliphatic heterocycles. The van der Waals surface area contributed by atoms with Gasteiger partial charge in [-0.1, -0.05) is 0 Å². The van der Waals surface area contributed by atoms with Crippen LogP contribution in [0.4, 0.5) is 0 Å². The molecule has 3 nitrogen and oxygen atoms in total. The Hall–Kier alpha value is -0.570. The number of hydrogen-bond donors (Lipinski definition) is 1. The van der Waals surface area contributed by atoms with Crippen molar-refractivity contribution in [3.63, 3.8) is 0 Å². The highest BCUT2D eigenvalue weighted by Gasteiger charge is 2.55. The van der Waals surface area contributed by atoms with Gasteiger partial charge in [-0.2, -0.15) is 0 Å². The SMILES string of the molecule is O=C1NCCC12CC1CCN2C1. The van der Waals surface area contributed by atoms with E-state index in [1.54, 1.807) is 0 Å². The summed E-state index contributed by atoms with van der Waals surface area (Å²) in [6.45, 7) is 3.22. The summed E-state index contributed by atoms with van der Waals surface area (Å²) in [7, 11) is 0. The zero-order chi connectivity index (χ0) is 8.18. The second-order valence-corrected chi connectivity index (χ2v) is 4.34. The standard InChI is InChI=1S/C9H14N2O/c12-8-9(2-3-10-8)5-7-1-4-11(9)6-7/h7H,1-6H2,(H,10,12). The molecule has 1 N–H and O–H groups in total. The molecule has 12 heavy (non-hydrogen) atoms. The fourth-order valence-electron chi connectivity index (χ4n) is 3.15. The number of amides is 1. The second kappa shape index (κ2) is 2.02. The van der Waals surface area contributed by atoms with Gasteiger partial charge in [0.05, 0.1) is 0 Å². The number of carbonyl (C=O) groups is 1. The quantitative estimate of drug-likeness (QED) is 0.548. The van der Waals surface area contributed by atoms with Crippen LogP contribution in [0, 0.1) is 5.92 Å². The van der Waals surface area contributed by atoms with Crippen molar-refractivity contribution in [2.75, 3.05) is 19.6 Å². The summed E-state index contributed by atoms with van der Waals surface area (Å²) in [6, 6.07) is 0. The van der Waals surface area contributed by atoms with Crippen molar-refractivity contribution < 1.29 is 4.79 Å². The Kier molecular flexibility index (Phi) is 1.16. The molecule has 3 unspecified atom stereocenters. The summed E-state index contributed by atoms with van der Waals surface area (Å²) in [5.41, 5.74) is -0.0527. The van der Waals surface area contributed by atoms with Gasteiger partial charge < -0.3 is 5.32 Å². The van der Waals surface area contributed by atoms with Crippen LogP contribution >= 0.6 is 0 Å². The molecule has 66 valence electrons. The first kappa shape index (κ1) is 6.89. The Morgan fingerprint density at radius 1 is 1.58 bits per heavy atom. The van der Waals surface area contributed by atoms with Crippen LogP contribution in [0.5, 0.6) is 0 Å². The third-order valence-electron chi connectivity index (χ3n) is 3.76. The van der Waals surface area contributed by atoms with Crippen molar-refractivity contribution in [3.8, 4) is 0 Å². The number of nitrogens with one attached hydrogen (secondary N) is 1. The Balaban J connectivity index is 1.96. The first-order valence-electron chi connectivity index (χ1n) is 4.85. The van der Waals surface area contributed by atoms with Crippen molar-refractivity contribution >= 4 is 5.91 Å². The minimum Gasteiger partial charge on any atom is -0.354 e. The Morgan fingerprint density at radius 2 is 2.50 bits per heavy atom. The monoisotopic (exact) mass is 166 g/mol. The van der Waals surface area contributed by atoms with Crippen LogP contribution < -0.4 is 5.32 Å². The molecular formula is C9H14N2O. The Bertz CT molecular complexity index is 241. The maximum Gasteiger partial charge on any atom is 0.240 e. The summed E-state index contributed by atoms with van der Waals surface area (Å²) >= 11 is 0. The maximum atomic E-state index is 11.6. The number of nitrogens with zero attached hydrogens (tertiary/aromatic N) is 1. The number of piperidine rings is 1. The van der Waals surface area contributed by atoms with Crippen molar-refractivity contribution in [2.24, 2.45) is 5.92 Å². The molecule has 3 aliphatic rings. The third-order valence-corrected chi connectivity index (χ3v) is 3.76. The van der Waals surface area contributed by atoms with Crippen LogP contribution in [0.15, 0.2) is 0 Å². The van der Waals surface area contributed by atoms with E-state index in [1.807, 2.05) is 0 Å². The lowest BCUT2D eigenvalue weighted by molar-refractivity contribution is -0.128. The van der Waals surface area contributed by atoms with E-state index in [-0.39, 0.29) is 5.54 Å². The topological polar surface area (TPSA) is 32.3 Å². The summed E-state index contributed by atoms with van der Waals surface area (Å²) in [6.07, 6.45) is 3.48. The molecule has 3 rings (SSSR count). The molecule has 0 aliphatic carbocycles. The molecule has 3 atom stereocenters. The van der Waals surface area contributed by atoms with E-state index in [0.717, 1.165) is 31.8 Å². The average molecular weight is 166 g/mol. The molecule has 1 amide bonds. The van der Waals surface area contributed by atoms with Crippen molar-refractivity contribution in [2.45, 2.75) is 24.8 Å². The molecule has 1 spiro atoms. The summed E-state index contributed by atoms with van der Waals surface area (Å²) in [5, 5.41) is 2.96. The molecule has 3 heterocycles. The summed E-state index contributed by atoms with van der Waals surface area (Å²) < 4.78 is 0. The highest BCUT2D eigenvalue weighted by molar-refractivity contribution is 5.89. The summed E-state index contributed by atoms with van der Waals surface area (Å²) in [5.74, 6) is 1.11. The number of carbonyl (C=O) groups excluding carboxylic acids is 1. The van der Waals surface area contributed by atoms with Crippen molar-refractivity contribution in [1.29, 1.82) is 0 Å². The van der Waals surface area contributed by atoms with Crippen LogP contribution in [0.1, 0.15) is 19.3 Å². The van der Waals surface area contributed by atoms with Crippen molar-refractivity contribution in [3.05, 3.63) is 0 Å². The molecule has 3 saturated heterocycles. The van der Waals surface area contributed by atoms with Gasteiger partial charge in [0.15, 0.2) is 0 Å². The molecule has 0 radical (unpaired) electrons. The predicted molar refractivity (Wildman–Crippen MR) is 44.7 cm³/mol. The van der Waals surface area contributed by atoms with Crippen LogP contribution in [0.25, 0.3) is 0 Å². The van der Waals surface area contributed by atoms with E-state index in [1.165, 1.54) is 13.0 Å². The van der Waals surface area contributed by atoms with Gasteiger partial charge in [0, 0.05) is 13.1 Å². The first-order valence-corrected chi connectivity index (χ1v) is 4.85. The van der Waals surface area contributed by atoms with Gasteiger partial charge in [-0.25, -0.2) is 0 Å². The highest BCUT2D eigenvalue weighted by Crippen LogP contribution is 2.44. The molecule has 0 aromatic rings. The second-order valence-electron chi connectivity index (χ2n) is 4.34. The molecule has 2 bridgehead atoms. The maximum absolute atomic E-state index is 11.6. The zero-order valence-electron chi connectivity index (χ0n) is 7.18. The lowest BCUT2D eigenvalue weighted by Crippen LogP contribution is -2.50. The number of hydrogen-bond acceptors (Lipinski definition) is 2. The van der Waals surface area contributed by atoms with Crippen LogP contribution in [0.3, 0.4) is 0 Å². The molecular weight excluding hydrogens is 152 g/mol. The minimum atomic E-state index is -0.0527. The van der Waals surface area contributed by atoms with E-state index >= 15 is 0 Å². The van der Waals surface area contributed by atoms with E-state index in [9.17, 15) is 4.79 Å². The number of rotatable bonds is 0. The lowest BCUT2D eigenvalue weighted by atomic mass is 9.86. The van der Waals surface area contributed by atoms with Gasteiger partial charge in [0.2, 0.25) is 5.91 Å². The fourth-order valence-corrected chi connectivity index (χ4v) is 3.15. The van der Waals surface area contributed by atoms with Gasteiger partial charge in [-0.15, -0.1) is 0 Å². The van der Waals surface area contributed by atoms with Crippen LogP contribution in [-0.4, -0.2) is 36.0 Å². The third kappa shape index (κ3) is 0.637. The predicted octanol–water partition coefficient (Wildman–Crippen LogP) is -0.0293. The minimum absolute atomic E-state index is 0.0527. The van der Waals surface area contributed by atoms with Gasteiger partial charge in [0.25, 0.3) is 0 Å². The molecule has 0 aromatic carbocycles. The summed E-state index contributed by atoms with van der Waals surface area (Å²) in [4.78, 5) is 14.0. The Labute approximate surface area is 72.1 Å². The molecule has 3 fully saturated rings. The molecule has 0 aromatic heterocycles. The van der Waals surface area contributed by atoms with Gasteiger partial charge in [0.1, 0.15) is 5.54 Å². The smallest absolute Gasteiger partial charge is 0.240 e. The normalized spacial score (nSPS) is 50.5. The molecule has 0 saturated carbocycles. The van der Waals surface area contributed by atoms with Gasteiger partial charge >= 0.3 is 0 Å². The van der Waals surface area contributed by atoms with Crippen LogP contribution in [-0.2, 0) is 4.79 Å². The van der Waals surface area contributed by atoms with E-state index in [2.05, 4.69) is 10.2 Å². The average Bonchev–Trinajstić information content (AvgIpc) is 2.69. The van der Waals surface area contributed by atoms with Gasteiger partial charge in [-0.05, 0) is 31.7 Å². The lowest BCUT2D eigenvalue weighted by Gasteiger charge is -2.33. The van der Waals surface area contributed by atoms with Gasteiger partial charge in [-0.3, -0.25) is 9.69 Å². The molecule has 3 heteroatoms. The van der Waals surface area contributed by atoms with E-state index in [4.69, 9.17) is 0 Å². The van der Waals surface area contributed by atoms with Crippen LogP contribution in [0.2, 0.25) is 0 Å². The highest BCUT2D eigenvalue weighted by atomic mass is 16.2. The first-order chi connectivity index (χ1) is 5.81. The zero-order valence-corrected chi connectivity index (χ0v) is 7.18. The van der Waals surface area contributed by atoms with E-state index in [0.29, 0.717) is 5.91 Å². The van der Waals surface area contributed by atoms with E-state index < -0.39 is 0 Å². The Morgan fingerprint density at radius 3 is 3.00 bits per heavy atom. The fraction of sp³-hybridized carbons (Fsp3) is 0.889. The largest absolute Gasteiger partial charge is 0.354 e. The van der Waals surface area contributed by atoms with Crippen molar-refractivity contribution in [1.82, 2.24) is 10.2 Å².